The smallest absolute Gasteiger partial charge is 0.134 e. The highest BCUT2D eigenvalue weighted by molar-refractivity contribution is 5.85. The minimum Gasteiger partial charge on any atom is -0.379 e. The minimum absolute atomic E-state index is 0. The number of anilines is 1. The topological polar surface area (TPSA) is 59.1 Å². The number of aromatic nitrogens is 2. The summed E-state index contributed by atoms with van der Waals surface area (Å²) in [6, 6.07) is 0.404. The predicted molar refractivity (Wildman–Crippen MR) is 74.8 cm³/mol. The largest absolute Gasteiger partial charge is 0.379 e. The van der Waals surface area contributed by atoms with Gasteiger partial charge in [0, 0.05) is 31.7 Å². The second-order valence-corrected chi connectivity index (χ2v) is 4.28. The summed E-state index contributed by atoms with van der Waals surface area (Å²) in [6.07, 6.45) is 3.71. The van der Waals surface area contributed by atoms with Crippen LogP contribution in [0.3, 0.4) is 0 Å². The zero-order valence-corrected chi connectivity index (χ0v) is 11.6. The second-order valence-electron chi connectivity index (χ2n) is 4.28. The molecular formula is C11H18Cl2N4O. The molecule has 0 amide bonds. The van der Waals surface area contributed by atoms with Gasteiger partial charge in [-0.3, -0.25) is 0 Å². The summed E-state index contributed by atoms with van der Waals surface area (Å²) in [7, 11) is 0. The maximum absolute atomic E-state index is 5.35. The number of nitrogens with zero attached hydrogens (tertiary/aromatic N) is 2. The lowest BCUT2D eigenvalue weighted by molar-refractivity contribution is 0.195. The highest BCUT2D eigenvalue weighted by Gasteiger charge is 2.20. The molecule has 7 heteroatoms. The summed E-state index contributed by atoms with van der Waals surface area (Å²) in [4.78, 5) is 8.67. The Balaban J connectivity index is 0.000000810. The Bertz CT molecular complexity index is 385. The zero-order chi connectivity index (χ0) is 10.8. The first-order chi connectivity index (χ1) is 7.93. The van der Waals surface area contributed by atoms with Gasteiger partial charge in [-0.2, -0.15) is 0 Å². The van der Waals surface area contributed by atoms with E-state index in [2.05, 4.69) is 20.6 Å². The Labute approximate surface area is 119 Å². The van der Waals surface area contributed by atoms with Gasteiger partial charge in [-0.25, -0.2) is 9.97 Å². The van der Waals surface area contributed by atoms with Gasteiger partial charge in [0.1, 0.15) is 12.1 Å². The second kappa shape index (κ2) is 7.09. The third-order valence-electron chi connectivity index (χ3n) is 3.15. The fraction of sp³-hybridized carbons (Fsp3) is 0.636. The standard InChI is InChI=1S/C11H16N4O.2ClH/c1-3-12-5-9-10(1)13-7-14-11(9)15-8-2-4-16-6-8;;/h7-8,12H,1-6H2,(H,13,14,15);2*1H. The molecule has 2 aliphatic heterocycles. The maximum Gasteiger partial charge on any atom is 0.134 e. The Kier molecular flexibility index (Phi) is 6.08. The van der Waals surface area contributed by atoms with Gasteiger partial charge in [0.25, 0.3) is 0 Å². The van der Waals surface area contributed by atoms with Crippen molar-refractivity contribution in [2.45, 2.75) is 25.4 Å². The van der Waals surface area contributed by atoms with E-state index in [9.17, 15) is 0 Å². The third kappa shape index (κ3) is 3.23. The lowest BCUT2D eigenvalue weighted by atomic mass is 10.1. The van der Waals surface area contributed by atoms with E-state index in [4.69, 9.17) is 4.74 Å². The lowest BCUT2D eigenvalue weighted by Gasteiger charge is -2.20. The first-order valence-electron chi connectivity index (χ1n) is 5.81. The Hall–Kier alpha value is -0.620. The molecule has 0 bridgehead atoms. The molecule has 1 aromatic heterocycles. The van der Waals surface area contributed by atoms with Crippen molar-refractivity contribution in [3.63, 3.8) is 0 Å². The van der Waals surface area contributed by atoms with Gasteiger partial charge >= 0.3 is 0 Å². The fourth-order valence-electron chi connectivity index (χ4n) is 2.24. The number of fused-ring (bicyclic) bond motifs is 1. The monoisotopic (exact) mass is 292 g/mol. The molecule has 5 nitrogen and oxygen atoms in total. The minimum atomic E-state index is 0. The van der Waals surface area contributed by atoms with Crippen LogP contribution in [-0.2, 0) is 17.7 Å². The number of nitrogens with one attached hydrogen (secondary N) is 2. The van der Waals surface area contributed by atoms with E-state index in [-0.39, 0.29) is 24.8 Å². The van der Waals surface area contributed by atoms with E-state index in [1.54, 1.807) is 6.33 Å². The SMILES string of the molecule is Cl.Cl.c1nc2c(c(NC3CCOC3)n1)CNCC2. The van der Waals surface area contributed by atoms with Gasteiger partial charge in [0.15, 0.2) is 0 Å². The average Bonchev–Trinajstić information content (AvgIpc) is 2.82. The van der Waals surface area contributed by atoms with Crippen molar-refractivity contribution in [2.24, 2.45) is 0 Å². The Morgan fingerprint density at radius 2 is 2.22 bits per heavy atom. The highest BCUT2D eigenvalue weighted by atomic mass is 35.5. The van der Waals surface area contributed by atoms with E-state index in [0.29, 0.717) is 6.04 Å². The van der Waals surface area contributed by atoms with Crippen molar-refractivity contribution in [1.29, 1.82) is 0 Å². The van der Waals surface area contributed by atoms with Crippen LogP contribution in [0.5, 0.6) is 0 Å². The van der Waals surface area contributed by atoms with Gasteiger partial charge in [-0.1, -0.05) is 0 Å². The Morgan fingerprint density at radius 1 is 1.33 bits per heavy atom. The molecule has 1 aromatic rings. The quantitative estimate of drug-likeness (QED) is 0.857. The molecule has 0 aromatic carbocycles. The summed E-state index contributed by atoms with van der Waals surface area (Å²) >= 11 is 0. The van der Waals surface area contributed by atoms with Crippen LogP contribution in [-0.4, -0.2) is 35.8 Å². The van der Waals surface area contributed by atoms with Crippen LogP contribution in [0.1, 0.15) is 17.7 Å². The van der Waals surface area contributed by atoms with Crippen molar-refractivity contribution in [2.75, 3.05) is 25.1 Å². The number of rotatable bonds is 2. The van der Waals surface area contributed by atoms with Gasteiger partial charge in [-0.05, 0) is 6.42 Å². The summed E-state index contributed by atoms with van der Waals surface area (Å²) in [5, 5.41) is 6.81. The molecule has 1 unspecified atom stereocenters. The van der Waals surface area contributed by atoms with E-state index in [0.717, 1.165) is 45.0 Å². The van der Waals surface area contributed by atoms with E-state index < -0.39 is 0 Å². The molecule has 0 saturated carbocycles. The van der Waals surface area contributed by atoms with Crippen LogP contribution in [0.25, 0.3) is 0 Å². The van der Waals surface area contributed by atoms with Crippen molar-refractivity contribution in [3.05, 3.63) is 17.6 Å². The molecule has 18 heavy (non-hydrogen) atoms. The first kappa shape index (κ1) is 15.4. The third-order valence-corrected chi connectivity index (χ3v) is 3.15. The molecule has 1 fully saturated rings. The van der Waals surface area contributed by atoms with Crippen LogP contribution in [0, 0.1) is 0 Å². The maximum atomic E-state index is 5.35. The molecule has 0 spiro atoms. The van der Waals surface area contributed by atoms with Gasteiger partial charge in [-0.15, -0.1) is 24.8 Å². The molecule has 3 heterocycles. The number of hydrogen-bond donors (Lipinski definition) is 2. The van der Waals surface area contributed by atoms with Crippen molar-refractivity contribution in [3.8, 4) is 0 Å². The lowest BCUT2D eigenvalue weighted by Crippen LogP contribution is -2.28. The number of halogens is 2. The predicted octanol–water partition coefficient (Wildman–Crippen LogP) is 1.17. The summed E-state index contributed by atoms with van der Waals surface area (Å²) in [5.41, 5.74) is 2.40. The molecule has 3 rings (SSSR count). The fourth-order valence-corrected chi connectivity index (χ4v) is 2.24. The van der Waals surface area contributed by atoms with Crippen molar-refractivity contribution >= 4 is 30.6 Å². The van der Waals surface area contributed by atoms with E-state index in [1.165, 1.54) is 11.3 Å². The van der Waals surface area contributed by atoms with Gasteiger partial charge in [0.05, 0.1) is 18.3 Å². The summed E-state index contributed by atoms with van der Waals surface area (Å²) in [5.74, 6) is 0.979. The summed E-state index contributed by atoms with van der Waals surface area (Å²) < 4.78 is 5.35. The molecular weight excluding hydrogens is 275 g/mol. The van der Waals surface area contributed by atoms with Crippen LogP contribution in [0.4, 0.5) is 5.82 Å². The average molecular weight is 293 g/mol. The molecule has 1 saturated heterocycles. The molecule has 0 aliphatic carbocycles. The van der Waals surface area contributed by atoms with Crippen LogP contribution < -0.4 is 10.6 Å². The van der Waals surface area contributed by atoms with Crippen LogP contribution in [0.15, 0.2) is 6.33 Å². The van der Waals surface area contributed by atoms with Crippen molar-refractivity contribution in [1.82, 2.24) is 15.3 Å². The van der Waals surface area contributed by atoms with Gasteiger partial charge < -0.3 is 15.4 Å². The van der Waals surface area contributed by atoms with Gasteiger partial charge in [0.2, 0.25) is 0 Å². The zero-order valence-electron chi connectivity index (χ0n) is 10.0. The normalized spacial score (nSPS) is 21.4. The highest BCUT2D eigenvalue weighted by Crippen LogP contribution is 2.20. The molecule has 1 atom stereocenters. The Morgan fingerprint density at radius 3 is 3.00 bits per heavy atom. The first-order valence-corrected chi connectivity index (χ1v) is 5.81. The van der Waals surface area contributed by atoms with E-state index >= 15 is 0 Å². The number of hydrogen-bond acceptors (Lipinski definition) is 5. The van der Waals surface area contributed by atoms with Crippen molar-refractivity contribution < 1.29 is 4.74 Å². The molecule has 2 aliphatic rings. The molecule has 0 radical (unpaired) electrons. The molecule has 2 N–H and O–H groups in total. The van der Waals surface area contributed by atoms with Crippen LogP contribution >= 0.6 is 24.8 Å². The summed E-state index contributed by atoms with van der Waals surface area (Å²) in [6.45, 7) is 3.51. The number of ether oxygens (including phenoxy) is 1. The van der Waals surface area contributed by atoms with Crippen LogP contribution in [0.2, 0.25) is 0 Å². The molecule has 102 valence electrons. The van der Waals surface area contributed by atoms with E-state index in [1.807, 2.05) is 0 Å².